The van der Waals surface area contributed by atoms with E-state index in [-0.39, 0.29) is 6.61 Å². The molecule has 3 nitrogen and oxygen atoms in total. The Kier molecular flexibility index (Phi) is 5.07. The summed E-state index contributed by atoms with van der Waals surface area (Å²) in [4.78, 5) is 11.9. The number of carbonyl (C=O) groups excluding carboxylic acids is 1. The van der Waals surface area contributed by atoms with Gasteiger partial charge in [0.05, 0.1) is 0 Å². The summed E-state index contributed by atoms with van der Waals surface area (Å²) in [5, 5.41) is 2.72. The molecular weight excluding hydrogens is 392 g/mol. The molecular formula is C19H14BrClO3. The minimum Gasteiger partial charge on any atom is -0.482 e. The van der Waals surface area contributed by atoms with Crippen molar-refractivity contribution in [3.05, 3.63) is 69.7 Å². The zero-order valence-corrected chi connectivity index (χ0v) is 15.2. The zero-order valence-electron chi connectivity index (χ0n) is 12.9. The highest BCUT2D eigenvalue weighted by atomic mass is 79.9. The van der Waals surface area contributed by atoms with E-state index in [0.717, 1.165) is 20.8 Å². The third kappa shape index (κ3) is 4.08. The van der Waals surface area contributed by atoms with Crippen LogP contribution in [0, 0.1) is 6.92 Å². The molecule has 0 unspecified atom stereocenters. The molecule has 0 heterocycles. The molecule has 24 heavy (non-hydrogen) atoms. The molecule has 0 fully saturated rings. The van der Waals surface area contributed by atoms with Crippen LogP contribution in [-0.2, 0) is 4.79 Å². The first-order chi connectivity index (χ1) is 11.5. The van der Waals surface area contributed by atoms with E-state index in [9.17, 15) is 4.79 Å². The van der Waals surface area contributed by atoms with Gasteiger partial charge in [0, 0.05) is 9.50 Å². The van der Waals surface area contributed by atoms with Crippen molar-refractivity contribution in [1.29, 1.82) is 0 Å². The first-order valence-electron chi connectivity index (χ1n) is 7.30. The average Bonchev–Trinajstić information content (AvgIpc) is 2.56. The Bertz CT molecular complexity index is 908. The summed E-state index contributed by atoms with van der Waals surface area (Å²) < 4.78 is 11.8. The molecule has 0 aliphatic carbocycles. The van der Waals surface area contributed by atoms with E-state index in [1.54, 1.807) is 24.3 Å². The molecule has 3 rings (SSSR count). The van der Waals surface area contributed by atoms with Crippen LogP contribution < -0.4 is 9.47 Å². The van der Waals surface area contributed by atoms with Gasteiger partial charge in [-0.25, -0.2) is 4.79 Å². The highest BCUT2D eigenvalue weighted by Crippen LogP contribution is 2.24. The topological polar surface area (TPSA) is 35.5 Å². The Balaban J connectivity index is 1.64. The van der Waals surface area contributed by atoms with Crippen LogP contribution in [0.3, 0.4) is 0 Å². The number of hydrogen-bond acceptors (Lipinski definition) is 3. The number of rotatable bonds is 4. The molecule has 0 saturated heterocycles. The van der Waals surface area contributed by atoms with Gasteiger partial charge in [-0.2, -0.15) is 0 Å². The van der Waals surface area contributed by atoms with Gasteiger partial charge in [0.1, 0.15) is 11.5 Å². The maximum Gasteiger partial charge on any atom is 0.349 e. The fraction of sp³-hybridized carbons (Fsp3) is 0.105. The van der Waals surface area contributed by atoms with Crippen LogP contribution >= 0.6 is 27.5 Å². The standard InChI is InChI=1S/C19H14BrClO3/c1-12-8-16(6-7-18(12)21)23-11-19(22)24-17-5-3-13-9-15(20)4-2-14(13)10-17/h2-10H,11H2,1H3. The van der Waals surface area contributed by atoms with Gasteiger partial charge in [-0.3, -0.25) is 0 Å². The number of halogens is 2. The minimum atomic E-state index is -0.459. The summed E-state index contributed by atoms with van der Waals surface area (Å²) in [5.41, 5.74) is 0.892. The van der Waals surface area contributed by atoms with Crippen molar-refractivity contribution in [3.63, 3.8) is 0 Å². The molecule has 0 aliphatic rings. The van der Waals surface area contributed by atoms with Gasteiger partial charge >= 0.3 is 5.97 Å². The van der Waals surface area contributed by atoms with Gasteiger partial charge in [0.15, 0.2) is 6.61 Å². The van der Waals surface area contributed by atoms with Crippen LogP contribution in [0.4, 0.5) is 0 Å². The van der Waals surface area contributed by atoms with Gasteiger partial charge in [-0.15, -0.1) is 0 Å². The highest BCUT2D eigenvalue weighted by molar-refractivity contribution is 9.10. The maximum atomic E-state index is 11.9. The van der Waals surface area contributed by atoms with Gasteiger partial charge < -0.3 is 9.47 Å². The van der Waals surface area contributed by atoms with Crippen molar-refractivity contribution < 1.29 is 14.3 Å². The van der Waals surface area contributed by atoms with Crippen molar-refractivity contribution in [2.45, 2.75) is 6.92 Å². The monoisotopic (exact) mass is 404 g/mol. The number of esters is 1. The Morgan fingerprint density at radius 1 is 1.00 bits per heavy atom. The van der Waals surface area contributed by atoms with Gasteiger partial charge in [-0.05, 0) is 65.7 Å². The second-order valence-electron chi connectivity index (χ2n) is 5.33. The molecule has 0 N–H and O–H groups in total. The summed E-state index contributed by atoms with van der Waals surface area (Å²) in [7, 11) is 0. The number of aryl methyl sites for hydroxylation is 1. The lowest BCUT2D eigenvalue weighted by Crippen LogP contribution is -2.17. The van der Waals surface area contributed by atoms with E-state index in [0.29, 0.717) is 16.5 Å². The Morgan fingerprint density at radius 2 is 1.71 bits per heavy atom. The first-order valence-corrected chi connectivity index (χ1v) is 8.47. The maximum absolute atomic E-state index is 11.9. The second kappa shape index (κ2) is 7.24. The lowest BCUT2D eigenvalue weighted by Gasteiger charge is -2.08. The van der Waals surface area contributed by atoms with Crippen molar-refractivity contribution in [2.75, 3.05) is 6.61 Å². The molecule has 3 aromatic carbocycles. The second-order valence-corrected chi connectivity index (χ2v) is 6.65. The van der Waals surface area contributed by atoms with Crippen molar-refractivity contribution in [3.8, 4) is 11.5 Å². The predicted octanol–water partition coefficient (Wildman–Crippen LogP) is 5.55. The number of hydrogen-bond donors (Lipinski definition) is 0. The third-order valence-corrected chi connectivity index (χ3v) is 4.41. The summed E-state index contributed by atoms with van der Waals surface area (Å²) in [5.74, 6) is 0.613. The van der Waals surface area contributed by atoms with Crippen LogP contribution in [0.5, 0.6) is 11.5 Å². The fourth-order valence-corrected chi connectivity index (χ4v) is 2.76. The van der Waals surface area contributed by atoms with Crippen LogP contribution in [0.2, 0.25) is 5.02 Å². The van der Waals surface area contributed by atoms with E-state index in [4.69, 9.17) is 21.1 Å². The van der Waals surface area contributed by atoms with Crippen molar-refractivity contribution in [2.24, 2.45) is 0 Å². The molecule has 0 aromatic heterocycles. The summed E-state index contributed by atoms with van der Waals surface area (Å²) in [6.07, 6.45) is 0. The van der Waals surface area contributed by atoms with Crippen molar-refractivity contribution >= 4 is 44.3 Å². The molecule has 0 spiro atoms. The number of carbonyl (C=O) groups is 1. The predicted molar refractivity (Wildman–Crippen MR) is 99.0 cm³/mol. The fourth-order valence-electron chi connectivity index (χ4n) is 2.27. The Labute approximate surface area is 153 Å². The molecule has 122 valence electrons. The quantitative estimate of drug-likeness (QED) is 0.422. The minimum absolute atomic E-state index is 0.167. The molecule has 0 bridgehead atoms. The summed E-state index contributed by atoms with van der Waals surface area (Å²) in [6.45, 7) is 1.71. The third-order valence-electron chi connectivity index (χ3n) is 3.49. The molecule has 5 heteroatoms. The van der Waals surface area contributed by atoms with Gasteiger partial charge in [0.2, 0.25) is 0 Å². The van der Waals surface area contributed by atoms with Crippen LogP contribution in [0.15, 0.2) is 59.1 Å². The van der Waals surface area contributed by atoms with E-state index in [2.05, 4.69) is 15.9 Å². The normalized spacial score (nSPS) is 10.6. The lowest BCUT2D eigenvalue weighted by atomic mass is 10.1. The largest absolute Gasteiger partial charge is 0.482 e. The Morgan fingerprint density at radius 3 is 2.50 bits per heavy atom. The van der Waals surface area contributed by atoms with Crippen LogP contribution in [-0.4, -0.2) is 12.6 Å². The average molecular weight is 406 g/mol. The van der Waals surface area contributed by atoms with Gasteiger partial charge in [0.25, 0.3) is 0 Å². The zero-order chi connectivity index (χ0) is 17.1. The number of fused-ring (bicyclic) bond motifs is 1. The molecule has 0 aliphatic heterocycles. The van der Waals surface area contributed by atoms with E-state index in [1.807, 2.05) is 37.3 Å². The molecule has 0 saturated carbocycles. The molecule has 3 aromatic rings. The first kappa shape index (κ1) is 16.8. The molecule has 0 radical (unpaired) electrons. The summed E-state index contributed by atoms with van der Waals surface area (Å²) in [6, 6.07) is 16.6. The number of benzene rings is 3. The van der Waals surface area contributed by atoms with Crippen LogP contribution in [0.1, 0.15) is 5.56 Å². The lowest BCUT2D eigenvalue weighted by molar-refractivity contribution is -0.136. The summed E-state index contributed by atoms with van der Waals surface area (Å²) >= 11 is 9.39. The van der Waals surface area contributed by atoms with E-state index >= 15 is 0 Å². The number of ether oxygens (including phenoxy) is 2. The molecule has 0 atom stereocenters. The molecule has 0 amide bonds. The van der Waals surface area contributed by atoms with Gasteiger partial charge in [-0.1, -0.05) is 39.7 Å². The Hall–Kier alpha value is -2.04. The van der Waals surface area contributed by atoms with E-state index in [1.165, 1.54) is 0 Å². The van der Waals surface area contributed by atoms with Crippen LogP contribution in [0.25, 0.3) is 10.8 Å². The smallest absolute Gasteiger partial charge is 0.349 e. The van der Waals surface area contributed by atoms with Crippen molar-refractivity contribution in [1.82, 2.24) is 0 Å². The van der Waals surface area contributed by atoms with E-state index < -0.39 is 5.97 Å². The SMILES string of the molecule is Cc1cc(OCC(=O)Oc2ccc3cc(Br)ccc3c2)ccc1Cl. The highest BCUT2D eigenvalue weighted by Gasteiger charge is 2.08.